The molecule has 0 amide bonds. The molecule has 37 heavy (non-hydrogen) atoms. The summed E-state index contributed by atoms with van der Waals surface area (Å²) in [6, 6.07) is 0.830. The Bertz CT molecular complexity index is 428. The van der Waals surface area contributed by atoms with Crippen molar-refractivity contribution < 1.29 is 0 Å². The highest BCUT2D eigenvalue weighted by Crippen LogP contribution is 2.18. The Hall–Kier alpha value is -0.300. The fraction of sp³-hybridized carbons (Fsp3) is 0.944. The van der Waals surface area contributed by atoms with Gasteiger partial charge in [-0.05, 0) is 52.1 Å². The van der Waals surface area contributed by atoms with E-state index in [4.69, 9.17) is 0 Å². The smallest absolute Gasteiger partial charge is 0.00920 e. The summed E-state index contributed by atoms with van der Waals surface area (Å²) >= 11 is 0. The largest absolute Gasteiger partial charge is 0.304 e. The monoisotopic (exact) mass is 520 g/mol. The molecular weight excluding hydrogens is 446 g/mol. The first-order valence-corrected chi connectivity index (χ1v) is 17.6. The standard InChI is InChI=1S/C36H73N/c1-5-8-10-12-14-15-16-17-18-19-20-21-22-23-24-25-26-27-29-31-33-35-36(37(4)7-3)34-32-30-28-13-11-9-6-2/h17-18,36H,5-16,19-35H2,1-4H3/b18-17-. The Morgan fingerprint density at radius 1 is 0.405 bits per heavy atom. The molecule has 0 rings (SSSR count). The van der Waals surface area contributed by atoms with E-state index in [9.17, 15) is 0 Å². The summed E-state index contributed by atoms with van der Waals surface area (Å²) in [6.07, 6.45) is 44.9. The van der Waals surface area contributed by atoms with Gasteiger partial charge in [0.05, 0.1) is 0 Å². The SMILES string of the molecule is CCCCCCCC/C=C\CCCCCCCCCCCCCC(CCCCCCCCC)N(C)CC. The van der Waals surface area contributed by atoms with Gasteiger partial charge in [0.2, 0.25) is 0 Å². The van der Waals surface area contributed by atoms with Crippen LogP contribution in [-0.4, -0.2) is 24.5 Å². The fourth-order valence-corrected chi connectivity index (χ4v) is 5.69. The number of allylic oxidation sites excluding steroid dienone is 2. The molecule has 0 aromatic rings. The Labute approximate surface area is 237 Å². The summed E-state index contributed by atoms with van der Waals surface area (Å²) in [5.74, 6) is 0. The third-order valence-electron chi connectivity index (χ3n) is 8.56. The second-order valence-electron chi connectivity index (χ2n) is 12.1. The van der Waals surface area contributed by atoms with Gasteiger partial charge in [0.15, 0.2) is 0 Å². The Morgan fingerprint density at radius 2 is 0.703 bits per heavy atom. The number of nitrogens with zero attached hydrogens (tertiary/aromatic N) is 1. The van der Waals surface area contributed by atoms with E-state index in [1.54, 1.807) is 0 Å². The van der Waals surface area contributed by atoms with Crippen molar-refractivity contribution in [2.45, 2.75) is 207 Å². The minimum Gasteiger partial charge on any atom is -0.304 e. The van der Waals surface area contributed by atoms with Gasteiger partial charge >= 0.3 is 0 Å². The summed E-state index contributed by atoms with van der Waals surface area (Å²) in [4.78, 5) is 2.61. The molecule has 0 radical (unpaired) electrons. The van der Waals surface area contributed by atoms with Crippen molar-refractivity contribution in [1.29, 1.82) is 0 Å². The van der Waals surface area contributed by atoms with E-state index < -0.39 is 0 Å². The van der Waals surface area contributed by atoms with E-state index in [-0.39, 0.29) is 0 Å². The molecule has 222 valence electrons. The van der Waals surface area contributed by atoms with E-state index in [0.717, 1.165) is 6.04 Å². The molecule has 1 unspecified atom stereocenters. The summed E-state index contributed by atoms with van der Waals surface area (Å²) in [7, 11) is 2.35. The molecule has 0 saturated carbocycles. The molecular formula is C36H73N. The molecule has 0 aromatic heterocycles. The molecule has 0 saturated heterocycles. The molecule has 0 spiro atoms. The van der Waals surface area contributed by atoms with Crippen molar-refractivity contribution in [3.8, 4) is 0 Å². The number of rotatable bonds is 31. The van der Waals surface area contributed by atoms with Gasteiger partial charge in [0, 0.05) is 6.04 Å². The van der Waals surface area contributed by atoms with Gasteiger partial charge in [-0.1, -0.05) is 174 Å². The molecule has 1 heteroatoms. The third kappa shape index (κ3) is 28.5. The quantitative estimate of drug-likeness (QED) is 0.0650. The molecule has 0 aliphatic carbocycles. The van der Waals surface area contributed by atoms with E-state index in [0.29, 0.717) is 0 Å². The molecule has 0 aliphatic heterocycles. The van der Waals surface area contributed by atoms with Gasteiger partial charge in [-0.2, -0.15) is 0 Å². The zero-order valence-corrected chi connectivity index (χ0v) is 26.7. The van der Waals surface area contributed by atoms with Crippen molar-refractivity contribution >= 4 is 0 Å². The first kappa shape index (κ1) is 36.7. The fourth-order valence-electron chi connectivity index (χ4n) is 5.69. The van der Waals surface area contributed by atoms with Gasteiger partial charge in [0.1, 0.15) is 0 Å². The topological polar surface area (TPSA) is 3.24 Å². The highest BCUT2D eigenvalue weighted by molar-refractivity contribution is 4.81. The van der Waals surface area contributed by atoms with E-state index in [1.807, 2.05) is 0 Å². The van der Waals surface area contributed by atoms with Crippen LogP contribution in [0.1, 0.15) is 201 Å². The summed E-state index contributed by atoms with van der Waals surface area (Å²) in [6.45, 7) is 8.14. The third-order valence-corrected chi connectivity index (χ3v) is 8.56. The van der Waals surface area contributed by atoms with Crippen molar-refractivity contribution in [2.75, 3.05) is 13.6 Å². The predicted octanol–water partition coefficient (Wildman–Crippen LogP) is 12.8. The summed E-state index contributed by atoms with van der Waals surface area (Å²) < 4.78 is 0. The van der Waals surface area contributed by atoms with Crippen molar-refractivity contribution in [1.82, 2.24) is 4.90 Å². The molecule has 1 atom stereocenters. The van der Waals surface area contributed by atoms with Gasteiger partial charge in [-0.15, -0.1) is 0 Å². The maximum atomic E-state index is 2.61. The Kier molecular flexibility index (Phi) is 31.7. The molecule has 0 N–H and O–H groups in total. The summed E-state index contributed by atoms with van der Waals surface area (Å²) in [5, 5.41) is 0. The molecule has 0 heterocycles. The van der Waals surface area contributed by atoms with Crippen LogP contribution in [0.5, 0.6) is 0 Å². The van der Waals surface area contributed by atoms with Crippen LogP contribution in [0, 0.1) is 0 Å². The molecule has 0 aliphatic rings. The minimum absolute atomic E-state index is 0.830. The summed E-state index contributed by atoms with van der Waals surface area (Å²) in [5.41, 5.74) is 0. The van der Waals surface area contributed by atoms with E-state index in [2.05, 4.69) is 44.9 Å². The number of hydrogen-bond donors (Lipinski definition) is 0. The lowest BCUT2D eigenvalue weighted by Gasteiger charge is -2.27. The first-order valence-electron chi connectivity index (χ1n) is 17.6. The average Bonchev–Trinajstić information content (AvgIpc) is 2.91. The van der Waals surface area contributed by atoms with Crippen LogP contribution < -0.4 is 0 Å². The molecule has 0 bridgehead atoms. The van der Waals surface area contributed by atoms with Crippen molar-refractivity contribution in [3.63, 3.8) is 0 Å². The van der Waals surface area contributed by atoms with Crippen LogP contribution in [-0.2, 0) is 0 Å². The zero-order chi connectivity index (χ0) is 27.1. The molecule has 0 aromatic carbocycles. The molecule has 0 fully saturated rings. The van der Waals surface area contributed by atoms with Crippen LogP contribution in [0.25, 0.3) is 0 Å². The maximum absolute atomic E-state index is 2.61. The lowest BCUT2D eigenvalue weighted by atomic mass is 9.98. The van der Waals surface area contributed by atoms with E-state index >= 15 is 0 Å². The number of unbranched alkanes of at least 4 members (excludes halogenated alkanes) is 23. The second-order valence-corrected chi connectivity index (χ2v) is 12.1. The van der Waals surface area contributed by atoms with Crippen LogP contribution >= 0.6 is 0 Å². The second kappa shape index (κ2) is 31.9. The minimum atomic E-state index is 0.830. The maximum Gasteiger partial charge on any atom is 0.00920 e. The van der Waals surface area contributed by atoms with Crippen molar-refractivity contribution in [3.05, 3.63) is 12.2 Å². The van der Waals surface area contributed by atoms with Crippen LogP contribution in [0.4, 0.5) is 0 Å². The highest BCUT2D eigenvalue weighted by atomic mass is 15.1. The Balaban J connectivity index is 3.43. The first-order chi connectivity index (χ1) is 18.3. The van der Waals surface area contributed by atoms with E-state index in [1.165, 1.54) is 186 Å². The van der Waals surface area contributed by atoms with Gasteiger partial charge in [-0.3, -0.25) is 0 Å². The van der Waals surface area contributed by atoms with Crippen LogP contribution in [0.15, 0.2) is 12.2 Å². The predicted molar refractivity (Wildman–Crippen MR) is 172 cm³/mol. The normalized spacial score (nSPS) is 12.8. The lowest BCUT2D eigenvalue weighted by Crippen LogP contribution is -2.31. The Morgan fingerprint density at radius 3 is 1.03 bits per heavy atom. The average molecular weight is 520 g/mol. The zero-order valence-electron chi connectivity index (χ0n) is 26.7. The van der Waals surface area contributed by atoms with Gasteiger partial charge in [0.25, 0.3) is 0 Å². The van der Waals surface area contributed by atoms with Crippen LogP contribution in [0.2, 0.25) is 0 Å². The van der Waals surface area contributed by atoms with Gasteiger partial charge in [-0.25, -0.2) is 0 Å². The number of hydrogen-bond acceptors (Lipinski definition) is 1. The highest BCUT2D eigenvalue weighted by Gasteiger charge is 2.12. The van der Waals surface area contributed by atoms with Crippen LogP contribution in [0.3, 0.4) is 0 Å². The molecule has 1 nitrogen and oxygen atoms in total. The lowest BCUT2D eigenvalue weighted by molar-refractivity contribution is 0.219. The van der Waals surface area contributed by atoms with Gasteiger partial charge < -0.3 is 4.90 Å². The van der Waals surface area contributed by atoms with Crippen molar-refractivity contribution in [2.24, 2.45) is 0 Å².